The van der Waals surface area contributed by atoms with Gasteiger partial charge in [-0.05, 0) is 35.6 Å². The van der Waals surface area contributed by atoms with E-state index in [9.17, 15) is 4.79 Å². The lowest BCUT2D eigenvalue weighted by Crippen LogP contribution is -2.18. The lowest BCUT2D eigenvalue weighted by Gasteiger charge is -2.26. The van der Waals surface area contributed by atoms with Crippen LogP contribution in [0, 0.1) is 0 Å². The first-order valence-corrected chi connectivity index (χ1v) is 6.96. The van der Waals surface area contributed by atoms with Crippen molar-refractivity contribution in [3.63, 3.8) is 0 Å². The Morgan fingerprint density at radius 2 is 1.89 bits per heavy atom. The molecule has 2 rings (SSSR count). The first-order valence-electron chi connectivity index (χ1n) is 6.96. The van der Waals surface area contributed by atoms with Crippen LogP contribution in [0.25, 0.3) is 0 Å². The summed E-state index contributed by atoms with van der Waals surface area (Å²) in [5.41, 5.74) is 2.38. The highest BCUT2D eigenvalue weighted by molar-refractivity contribution is 5.84. The molecule has 0 aromatic heterocycles. The first-order chi connectivity index (χ1) is 9.19. The Labute approximate surface area is 114 Å². The average molecular weight is 262 g/mol. The number of fused-ring (bicyclic) bond motifs is 1. The molecule has 1 aliphatic rings. The van der Waals surface area contributed by atoms with Gasteiger partial charge in [0.15, 0.2) is 11.5 Å². The van der Waals surface area contributed by atoms with E-state index < -0.39 is 0 Å². The van der Waals surface area contributed by atoms with Gasteiger partial charge in [0.05, 0.1) is 14.2 Å². The summed E-state index contributed by atoms with van der Waals surface area (Å²) in [6.07, 6.45) is 4.59. The maximum absolute atomic E-state index is 11.9. The smallest absolute Gasteiger partial charge is 0.161 e. The van der Waals surface area contributed by atoms with Crippen LogP contribution in [0.4, 0.5) is 0 Å². The molecule has 0 spiro atoms. The summed E-state index contributed by atoms with van der Waals surface area (Å²) in [6, 6.07) is 4.02. The van der Waals surface area contributed by atoms with Crippen LogP contribution in [-0.2, 0) is 11.2 Å². The van der Waals surface area contributed by atoms with Crippen LogP contribution in [0.5, 0.6) is 11.5 Å². The van der Waals surface area contributed by atoms with E-state index in [1.807, 2.05) is 6.07 Å². The molecule has 0 amide bonds. The Balaban J connectivity index is 2.38. The van der Waals surface area contributed by atoms with Crippen LogP contribution in [0.15, 0.2) is 12.1 Å². The molecule has 3 nitrogen and oxygen atoms in total. The molecule has 0 bridgehead atoms. The monoisotopic (exact) mass is 262 g/mol. The summed E-state index contributed by atoms with van der Waals surface area (Å²) < 4.78 is 10.7. The predicted octanol–water partition coefficient (Wildman–Crippen LogP) is 3.49. The third kappa shape index (κ3) is 2.91. The van der Waals surface area contributed by atoms with E-state index in [1.54, 1.807) is 14.2 Å². The average Bonchev–Trinajstić information content (AvgIpc) is 2.43. The van der Waals surface area contributed by atoms with Gasteiger partial charge in [-0.15, -0.1) is 0 Å². The Morgan fingerprint density at radius 1 is 1.21 bits per heavy atom. The molecule has 1 atom stereocenters. The van der Waals surface area contributed by atoms with Crippen molar-refractivity contribution in [1.82, 2.24) is 0 Å². The highest BCUT2D eigenvalue weighted by Gasteiger charge is 2.26. The van der Waals surface area contributed by atoms with E-state index in [0.29, 0.717) is 30.3 Å². The summed E-state index contributed by atoms with van der Waals surface area (Å²) in [4.78, 5) is 11.9. The third-order valence-corrected chi connectivity index (χ3v) is 3.85. The van der Waals surface area contributed by atoms with Crippen LogP contribution >= 0.6 is 0 Å². The van der Waals surface area contributed by atoms with Gasteiger partial charge >= 0.3 is 0 Å². The predicted molar refractivity (Wildman–Crippen MR) is 75.1 cm³/mol. The molecule has 0 radical (unpaired) electrons. The van der Waals surface area contributed by atoms with Crippen molar-refractivity contribution < 1.29 is 14.3 Å². The summed E-state index contributed by atoms with van der Waals surface area (Å²) in [6.45, 7) is 2.18. The minimum Gasteiger partial charge on any atom is -0.493 e. The van der Waals surface area contributed by atoms with Gasteiger partial charge in [-0.1, -0.05) is 19.8 Å². The maximum atomic E-state index is 11.9. The number of hydrogen-bond donors (Lipinski definition) is 0. The summed E-state index contributed by atoms with van der Waals surface area (Å²) in [5.74, 6) is 2.15. The van der Waals surface area contributed by atoms with E-state index in [1.165, 1.54) is 5.56 Å². The Morgan fingerprint density at radius 3 is 2.53 bits per heavy atom. The summed E-state index contributed by atoms with van der Waals surface area (Å²) in [7, 11) is 3.28. The van der Waals surface area contributed by atoms with Crippen molar-refractivity contribution in [2.24, 2.45) is 0 Å². The Bertz CT molecular complexity index is 465. The summed E-state index contributed by atoms with van der Waals surface area (Å²) in [5, 5.41) is 0. The maximum Gasteiger partial charge on any atom is 0.161 e. The fourth-order valence-electron chi connectivity index (χ4n) is 2.85. The molecule has 0 heterocycles. The van der Waals surface area contributed by atoms with Gasteiger partial charge in [0.1, 0.15) is 5.78 Å². The number of ketones is 1. The van der Waals surface area contributed by atoms with E-state index >= 15 is 0 Å². The van der Waals surface area contributed by atoms with Crippen molar-refractivity contribution in [3.05, 3.63) is 23.3 Å². The van der Waals surface area contributed by atoms with E-state index in [-0.39, 0.29) is 0 Å². The van der Waals surface area contributed by atoms with Gasteiger partial charge in [-0.25, -0.2) is 0 Å². The molecule has 0 aliphatic heterocycles. The van der Waals surface area contributed by atoms with Gasteiger partial charge in [0, 0.05) is 12.8 Å². The van der Waals surface area contributed by atoms with Crippen molar-refractivity contribution in [1.29, 1.82) is 0 Å². The van der Waals surface area contributed by atoms with Crippen LogP contribution < -0.4 is 9.47 Å². The third-order valence-electron chi connectivity index (χ3n) is 3.85. The molecule has 1 aromatic carbocycles. The fourth-order valence-corrected chi connectivity index (χ4v) is 2.85. The zero-order valence-corrected chi connectivity index (χ0v) is 12.0. The normalized spacial score (nSPS) is 18.1. The first kappa shape index (κ1) is 13.9. The number of carbonyl (C=O) groups excluding carboxylic acids is 1. The number of methoxy groups -OCH3 is 2. The molecule has 0 saturated heterocycles. The number of Topliss-reactive ketones (excluding diaryl/α,β-unsaturated/α-hetero) is 1. The van der Waals surface area contributed by atoms with Crippen molar-refractivity contribution in [2.45, 2.75) is 44.9 Å². The second-order valence-corrected chi connectivity index (χ2v) is 5.16. The molecular formula is C16H22O3. The topological polar surface area (TPSA) is 35.5 Å². The van der Waals surface area contributed by atoms with Gasteiger partial charge in [-0.2, -0.15) is 0 Å². The molecule has 104 valence electrons. The number of ether oxygens (including phenoxy) is 2. The number of benzene rings is 1. The molecule has 0 fully saturated rings. The van der Waals surface area contributed by atoms with Gasteiger partial charge in [-0.3, -0.25) is 4.79 Å². The summed E-state index contributed by atoms with van der Waals surface area (Å²) >= 11 is 0. The van der Waals surface area contributed by atoms with E-state index in [0.717, 1.165) is 30.6 Å². The second-order valence-electron chi connectivity index (χ2n) is 5.16. The molecule has 19 heavy (non-hydrogen) atoms. The number of carbonyl (C=O) groups is 1. The molecular weight excluding hydrogens is 240 g/mol. The van der Waals surface area contributed by atoms with Gasteiger partial charge in [0.25, 0.3) is 0 Å². The lowest BCUT2D eigenvalue weighted by atomic mass is 9.79. The highest BCUT2D eigenvalue weighted by atomic mass is 16.5. The van der Waals surface area contributed by atoms with Crippen LogP contribution in [0.3, 0.4) is 0 Å². The molecule has 1 aromatic rings. The molecule has 1 unspecified atom stereocenters. The van der Waals surface area contributed by atoms with Crippen LogP contribution in [0.2, 0.25) is 0 Å². The Hall–Kier alpha value is -1.51. The molecule has 0 saturated carbocycles. The number of hydrogen-bond acceptors (Lipinski definition) is 3. The van der Waals surface area contributed by atoms with Gasteiger partial charge < -0.3 is 9.47 Å². The minimum atomic E-state index is 0.334. The van der Waals surface area contributed by atoms with Crippen molar-refractivity contribution >= 4 is 5.78 Å². The highest BCUT2D eigenvalue weighted by Crippen LogP contribution is 2.40. The number of unbranched alkanes of at least 4 members (excludes halogenated alkanes) is 1. The second kappa shape index (κ2) is 6.09. The van der Waals surface area contributed by atoms with Crippen LogP contribution in [0.1, 0.15) is 49.7 Å². The van der Waals surface area contributed by atoms with Crippen molar-refractivity contribution in [3.8, 4) is 11.5 Å². The van der Waals surface area contributed by atoms with E-state index in [4.69, 9.17) is 9.47 Å². The molecule has 1 aliphatic carbocycles. The van der Waals surface area contributed by atoms with Crippen molar-refractivity contribution in [2.75, 3.05) is 14.2 Å². The number of rotatable bonds is 5. The SMILES string of the molecule is CCCCC1CC(=O)Cc2cc(OC)c(OC)cc21. The zero-order valence-electron chi connectivity index (χ0n) is 12.0. The molecule has 3 heteroatoms. The Kier molecular flexibility index (Phi) is 4.46. The molecule has 0 N–H and O–H groups in total. The zero-order chi connectivity index (χ0) is 13.8. The lowest BCUT2D eigenvalue weighted by molar-refractivity contribution is -0.119. The van der Waals surface area contributed by atoms with Gasteiger partial charge in [0.2, 0.25) is 0 Å². The minimum absolute atomic E-state index is 0.334. The fraction of sp³-hybridized carbons (Fsp3) is 0.562. The largest absolute Gasteiger partial charge is 0.493 e. The standard InChI is InChI=1S/C16H22O3/c1-4-5-6-11-7-13(17)8-12-9-15(18-2)16(19-3)10-14(11)12/h9-11H,4-8H2,1-3H3. The van der Waals surface area contributed by atoms with E-state index in [2.05, 4.69) is 13.0 Å². The quantitative estimate of drug-likeness (QED) is 0.814. The van der Waals surface area contributed by atoms with Crippen LogP contribution in [-0.4, -0.2) is 20.0 Å².